The number of benzene rings is 4. The molecule has 9 heterocycles. The number of ether oxygens (including phenoxy) is 4. The molecule has 0 saturated heterocycles. The van der Waals surface area contributed by atoms with Crippen molar-refractivity contribution in [3.8, 4) is 44.5 Å². The molecule has 109 heavy (non-hydrogen) atoms. The SMILES string of the molecule is CC(C)(C)c1cc(-c2c3nc(c4c5ccc([n-]5)c(-c5cc(C(C)(C)C)cc(C(C)(C)C)c5)c5nc(c(c6ccc2[n-]6)-c2c6cccc2NC(=O)[C@H]2C[C@H]2C(=O)OCCCCOC(=O)[C@H]2C[C@H]2C(=O)Nc2cccc(c2-4)NC(=O)[C@H]2C[C@H]2C(=O)OCCCCOC(=O)[C@H]2C[C@@H]2C(=O)N6)C=C5)C=C3)cc(C(C)(C)C)c1.[Co+2]. The number of esters is 4. The molecule has 3 aromatic heterocycles. The summed E-state index contributed by atoms with van der Waals surface area (Å²) in [6, 6.07) is 31.2. The summed E-state index contributed by atoms with van der Waals surface area (Å²) in [5.41, 5.74) is 11.7. The summed E-state index contributed by atoms with van der Waals surface area (Å²) >= 11 is 0. The number of hydrogen-bond donors (Lipinski definition) is 4. The van der Waals surface area contributed by atoms with Crippen molar-refractivity contribution in [3.63, 3.8) is 0 Å². The Balaban J connectivity index is 0.00000992. The van der Waals surface area contributed by atoms with Crippen LogP contribution in [-0.2, 0) is 95.7 Å². The van der Waals surface area contributed by atoms with Gasteiger partial charge in [-0.15, -0.1) is 22.1 Å². The Labute approximate surface area is 644 Å². The molecule has 20 nitrogen and oxygen atoms in total. The predicted molar refractivity (Wildman–Crippen MR) is 417 cm³/mol. The molecule has 4 aliphatic carbocycles. The average Bonchev–Trinajstić information content (AvgIpc) is 1.62. The van der Waals surface area contributed by atoms with Crippen LogP contribution in [0.5, 0.6) is 0 Å². The van der Waals surface area contributed by atoms with E-state index < -0.39 is 94.8 Å². The number of fused-ring (bicyclic) bond motifs is 18. The van der Waals surface area contributed by atoms with Crippen LogP contribution >= 0.6 is 0 Å². The molecule has 4 saturated carbocycles. The second kappa shape index (κ2) is 29.0. The molecule has 12 bridgehead atoms. The summed E-state index contributed by atoms with van der Waals surface area (Å²) in [7, 11) is 0. The van der Waals surface area contributed by atoms with Crippen molar-refractivity contribution in [3.05, 3.63) is 142 Å². The molecule has 4 fully saturated rings. The number of amides is 4. The molecule has 0 unspecified atom stereocenters. The van der Waals surface area contributed by atoms with Crippen LogP contribution in [0.2, 0.25) is 0 Å². The number of carbonyl (C=O) groups excluding carboxylic acids is 8. The van der Waals surface area contributed by atoms with E-state index in [1.54, 1.807) is 36.4 Å². The summed E-state index contributed by atoms with van der Waals surface area (Å²) in [5, 5.41) is 12.8. The van der Waals surface area contributed by atoms with E-state index >= 15 is 19.2 Å². The van der Waals surface area contributed by atoms with Crippen molar-refractivity contribution in [1.82, 2.24) is 19.9 Å². The Kier molecular flexibility index (Phi) is 20.1. The molecule has 0 spiro atoms. The molecule has 4 amide bonds. The van der Waals surface area contributed by atoms with Gasteiger partial charge in [0.05, 0.1) is 119 Å². The minimum absolute atomic E-state index is 0. The Morgan fingerprint density at radius 1 is 0.321 bits per heavy atom. The van der Waals surface area contributed by atoms with Crippen LogP contribution in [0.4, 0.5) is 22.7 Å². The molecule has 7 aromatic rings. The molecule has 4 N–H and O–H groups in total. The van der Waals surface area contributed by atoms with Crippen LogP contribution in [-0.4, -0.2) is 83.9 Å². The van der Waals surface area contributed by atoms with E-state index in [1.165, 1.54) is 0 Å². The maximum atomic E-state index is 15.0. The third-order valence-electron chi connectivity index (χ3n) is 22.0. The van der Waals surface area contributed by atoms with E-state index in [2.05, 4.69) is 141 Å². The van der Waals surface area contributed by atoms with Crippen LogP contribution in [0.15, 0.2) is 97.1 Å². The van der Waals surface area contributed by atoms with Gasteiger partial charge in [0.2, 0.25) is 23.6 Å². The topological polar surface area (TPSA) is 276 Å². The molecule has 21 heteroatoms. The first kappa shape index (κ1) is 75.6. The molecule has 1 radical (unpaired) electrons. The number of nitrogens with zero attached hydrogens (tertiary/aromatic N) is 4. The quantitative estimate of drug-likeness (QED) is 0.0925. The second-order valence-corrected chi connectivity index (χ2v) is 34.3. The fourth-order valence-electron chi connectivity index (χ4n) is 14.9. The standard InChI is InChI=1S/C88H94N8O12.Co/c1-85(2,3)47-35-45(36-48(39-47)86(4,5)6)71-63-23-27-67(89-63)75-69-29-25-65(91-69)72(46-37-49(87(7,8)9)40-50(38-46)88(10,11)12)66-26-30-70(92-66)76(68-28-24-64(71)90-68)74-60-20-18-22-62(74)96-80(100)54-44-58(54)84(104)108-34-16-15-33-107-83(103)57-43-53(57)79(99)95-61-21-17-19-59(73(61)75)93-77(97)51-41-55(51)81(101)105-31-13-14-32-106-82(102)56-42-52(56)78(98)94-60;/h17-30,35-40,51-58H,13-16,31-34,41-44H2,1-12H3,(H6,89,90,91,92,93,94,95,96,97,98,99,100);/q;+2/p-2/t51-,52-,53-,54+,55-,56+,57+,58-;/m0./s1. The number of hydrogen-bond acceptors (Lipinski definition) is 14. The van der Waals surface area contributed by atoms with Gasteiger partial charge in [-0.1, -0.05) is 156 Å². The van der Waals surface area contributed by atoms with Crippen molar-refractivity contribution in [1.29, 1.82) is 0 Å². The summed E-state index contributed by atoms with van der Waals surface area (Å²) < 4.78 is 23.0. The third kappa shape index (κ3) is 15.6. The van der Waals surface area contributed by atoms with Gasteiger partial charge in [-0.25, -0.2) is 9.97 Å². The first-order chi connectivity index (χ1) is 51.3. The van der Waals surface area contributed by atoms with Gasteiger partial charge in [0.1, 0.15) is 0 Å². The van der Waals surface area contributed by atoms with E-state index in [1.807, 2.05) is 48.6 Å². The van der Waals surface area contributed by atoms with E-state index in [0.29, 0.717) is 104 Å². The van der Waals surface area contributed by atoms with Crippen molar-refractivity contribution in [2.75, 3.05) is 47.7 Å². The molecular formula is C88H92CoN8O12. The number of aromatic nitrogens is 4. The Morgan fingerprint density at radius 3 is 0.807 bits per heavy atom. The van der Waals surface area contributed by atoms with Crippen LogP contribution in [0, 0.1) is 47.3 Å². The van der Waals surface area contributed by atoms with Crippen LogP contribution in [0.25, 0.3) is 90.9 Å². The maximum absolute atomic E-state index is 15.0. The third-order valence-corrected chi connectivity index (χ3v) is 22.0. The van der Waals surface area contributed by atoms with E-state index in [4.69, 9.17) is 38.9 Å². The normalized spacial score (nSPS) is 22.6. The Morgan fingerprint density at radius 2 is 0.560 bits per heavy atom. The van der Waals surface area contributed by atoms with E-state index in [-0.39, 0.29) is 113 Å². The van der Waals surface area contributed by atoms with E-state index in [0.717, 1.165) is 33.4 Å². The fraction of sp³-hybridized carbons (Fsp3) is 0.409. The van der Waals surface area contributed by atoms with Crippen LogP contribution in [0.3, 0.4) is 0 Å². The summed E-state index contributed by atoms with van der Waals surface area (Å²) in [6.07, 6.45) is 9.94. The predicted octanol–water partition coefficient (Wildman–Crippen LogP) is 15.8. The zero-order chi connectivity index (χ0) is 76.2. The number of nitrogens with one attached hydrogen (secondary N) is 4. The van der Waals surface area contributed by atoms with Crippen molar-refractivity contribution in [2.45, 2.75) is 156 Å². The first-order valence-corrected chi connectivity index (χ1v) is 37.9. The maximum Gasteiger partial charge on any atom is 2.00 e. The van der Waals surface area contributed by atoms with Crippen LogP contribution in [0.1, 0.15) is 179 Å². The molecule has 565 valence electrons. The zero-order valence-electron chi connectivity index (χ0n) is 63.7. The van der Waals surface area contributed by atoms with E-state index in [9.17, 15) is 19.2 Å². The number of anilines is 4. The molecule has 4 aromatic carbocycles. The Bertz CT molecular complexity index is 4690. The van der Waals surface area contributed by atoms with Crippen molar-refractivity contribution < 1.29 is 74.1 Å². The van der Waals surface area contributed by atoms with Gasteiger partial charge in [-0.05, 0) is 177 Å². The van der Waals surface area contributed by atoms with Gasteiger partial charge in [0.25, 0.3) is 0 Å². The van der Waals surface area contributed by atoms with Gasteiger partial charge in [0, 0.05) is 11.1 Å². The smallest absolute Gasteiger partial charge is 0.657 e. The Hall–Kier alpha value is -10.3. The van der Waals surface area contributed by atoms with Gasteiger partial charge in [0.15, 0.2) is 0 Å². The minimum atomic E-state index is -0.781. The summed E-state index contributed by atoms with van der Waals surface area (Å²) in [6.45, 7) is 26.1. The van der Waals surface area contributed by atoms with Gasteiger partial charge in [-0.2, -0.15) is 0 Å². The minimum Gasteiger partial charge on any atom is -0.657 e. The largest absolute Gasteiger partial charge is 2.00 e. The summed E-state index contributed by atoms with van der Waals surface area (Å²) in [4.78, 5) is 138. The molecule has 8 atom stereocenters. The zero-order valence-corrected chi connectivity index (χ0v) is 64.7. The molecular weight excluding hydrogens is 1420 g/mol. The van der Waals surface area contributed by atoms with Crippen LogP contribution < -0.4 is 31.2 Å². The first-order valence-electron chi connectivity index (χ1n) is 37.9. The molecule has 17 rings (SSSR count). The molecule has 6 aliphatic heterocycles. The number of rotatable bonds is 2. The van der Waals surface area contributed by atoms with Crippen molar-refractivity contribution >= 4 is 117 Å². The monoisotopic (exact) mass is 1510 g/mol. The number of carbonyl (C=O) groups is 8. The molecule has 10 aliphatic rings. The van der Waals surface area contributed by atoms with Gasteiger partial charge >= 0.3 is 40.7 Å². The van der Waals surface area contributed by atoms with Gasteiger partial charge in [-0.3, -0.25) is 38.4 Å². The second-order valence-electron chi connectivity index (χ2n) is 34.3. The summed E-state index contributed by atoms with van der Waals surface area (Å²) in [5.74, 6) is -10.2. The van der Waals surface area contributed by atoms with Gasteiger partial charge < -0.3 is 50.2 Å². The van der Waals surface area contributed by atoms with Crippen molar-refractivity contribution in [2.24, 2.45) is 47.3 Å². The average molecular weight is 1510 g/mol. The fourth-order valence-corrected chi connectivity index (χ4v) is 14.9.